The van der Waals surface area contributed by atoms with E-state index in [9.17, 15) is 15.3 Å². The van der Waals surface area contributed by atoms with Crippen LogP contribution < -0.4 is 0 Å². The van der Waals surface area contributed by atoms with Crippen molar-refractivity contribution in [2.75, 3.05) is 0 Å². The fourth-order valence-corrected chi connectivity index (χ4v) is 3.34. The van der Waals surface area contributed by atoms with Gasteiger partial charge >= 0.3 is 0 Å². The number of rotatable bonds is 1. The van der Waals surface area contributed by atoms with E-state index in [1.807, 2.05) is 12.1 Å². The van der Waals surface area contributed by atoms with Gasteiger partial charge in [0.15, 0.2) is 5.78 Å². The largest absolute Gasteiger partial charge is 0.297 e. The molecule has 0 saturated carbocycles. The normalized spacial score (nSPS) is 19.0. The molecule has 0 atom stereocenters. The lowest BCUT2D eigenvalue weighted by molar-refractivity contribution is 0.104. The molecule has 5 nitrogen and oxygen atoms in total. The van der Waals surface area contributed by atoms with Gasteiger partial charge in [-0.1, -0.05) is 30.3 Å². The van der Waals surface area contributed by atoms with Gasteiger partial charge in [0.2, 0.25) is 0 Å². The van der Waals surface area contributed by atoms with Crippen molar-refractivity contribution in [1.82, 2.24) is 0 Å². The molecule has 0 heterocycles. The third-order valence-electron chi connectivity index (χ3n) is 3.99. The van der Waals surface area contributed by atoms with Crippen LogP contribution >= 0.6 is 28.7 Å². The van der Waals surface area contributed by atoms with E-state index in [1.165, 1.54) is 0 Å². The van der Waals surface area contributed by atoms with E-state index in [-0.39, 0.29) is 28.4 Å². The maximum atomic E-state index is 12.9. The van der Waals surface area contributed by atoms with Crippen molar-refractivity contribution in [3.63, 3.8) is 0 Å². The highest BCUT2D eigenvalue weighted by atomic mass is 79.9. The lowest BCUT2D eigenvalue weighted by atomic mass is 9.94. The van der Waals surface area contributed by atoms with Crippen LogP contribution in [0.1, 0.15) is 15.9 Å². The summed E-state index contributed by atoms with van der Waals surface area (Å²) in [6.07, 6.45) is 4.91. The zero-order valence-corrected chi connectivity index (χ0v) is 15.6. The number of carbonyl (C=O) groups excluding carboxylic acids is 1. The Balaban J connectivity index is 2.28. The van der Waals surface area contributed by atoms with E-state index in [2.05, 4.69) is 33.1 Å². The topological polar surface area (TPSA) is 101 Å². The van der Waals surface area contributed by atoms with Crippen molar-refractivity contribution in [2.24, 2.45) is 4.40 Å². The molecule has 2 aliphatic carbocycles. The molecule has 1 aromatic rings. The second-order valence-corrected chi connectivity index (χ2v) is 6.42. The van der Waals surface area contributed by atoms with Crippen molar-refractivity contribution in [2.45, 2.75) is 0 Å². The van der Waals surface area contributed by atoms with E-state index >= 15 is 0 Å². The Bertz CT molecular complexity index is 1090. The SMILES string of the molecule is N#CC(C#N)=C1/C(=C/C2=CC=C(Br)C(=N)/C2=N\S)C(=O)c2ccccc21. The second-order valence-electron chi connectivity index (χ2n) is 5.37. The van der Waals surface area contributed by atoms with Gasteiger partial charge in [0.1, 0.15) is 23.4 Å². The summed E-state index contributed by atoms with van der Waals surface area (Å²) in [5.74, 6) is -0.279. The molecule has 124 valence electrons. The average molecular weight is 421 g/mol. The van der Waals surface area contributed by atoms with Crippen molar-refractivity contribution < 1.29 is 4.79 Å². The predicted molar refractivity (Wildman–Crippen MR) is 106 cm³/mol. The summed E-state index contributed by atoms with van der Waals surface area (Å²) < 4.78 is 4.37. The number of ketones is 1. The first kappa shape index (κ1) is 17.8. The van der Waals surface area contributed by atoms with Crippen LogP contribution in [0.15, 0.2) is 68.1 Å². The highest BCUT2D eigenvalue weighted by Gasteiger charge is 2.33. The smallest absolute Gasteiger partial charge is 0.194 e. The summed E-state index contributed by atoms with van der Waals surface area (Å²) in [7, 11) is 0. The number of nitrogens with one attached hydrogen (secondary N) is 1. The molecular formula is C19H9BrN4OS. The summed E-state index contributed by atoms with van der Waals surface area (Å²) >= 11 is 7.18. The van der Waals surface area contributed by atoms with Gasteiger partial charge in [0.25, 0.3) is 0 Å². The Labute approximate surface area is 163 Å². The number of nitriles is 2. The Kier molecular flexibility index (Phi) is 4.85. The molecule has 0 unspecified atom stereocenters. The van der Waals surface area contributed by atoms with Crippen LogP contribution in [-0.4, -0.2) is 17.2 Å². The minimum Gasteiger partial charge on any atom is -0.297 e. The number of hydrogen-bond acceptors (Lipinski definition) is 6. The third-order valence-corrected chi connectivity index (χ3v) is 4.85. The Morgan fingerprint density at radius 2 is 1.85 bits per heavy atom. The molecule has 0 aromatic heterocycles. The molecule has 1 N–H and O–H groups in total. The Hall–Kier alpha value is -3.00. The molecule has 0 saturated heterocycles. The Morgan fingerprint density at radius 3 is 2.46 bits per heavy atom. The standard InChI is InChI=1S/C19H9BrN4OS/c20-15-6-5-10(18(24-26)17(15)23)7-14-16(11(8-21)9-22)12-3-1-2-4-13(12)19(14)25/h1-7,23,26H/b14-7-,23-17?,24-18-. The molecule has 1 aromatic carbocycles. The molecule has 0 radical (unpaired) electrons. The van der Waals surface area contributed by atoms with E-state index in [0.717, 1.165) is 0 Å². The molecule has 0 fully saturated rings. The fourth-order valence-electron chi connectivity index (χ4n) is 2.81. The number of allylic oxidation sites excluding steroid dienone is 8. The second kappa shape index (κ2) is 7.09. The van der Waals surface area contributed by atoms with Crippen molar-refractivity contribution in [3.05, 3.63) is 74.8 Å². The first-order chi connectivity index (χ1) is 12.5. The summed E-state index contributed by atoms with van der Waals surface area (Å²) in [6.45, 7) is 0. The van der Waals surface area contributed by atoms with Gasteiger partial charge in [-0.05, 0) is 46.5 Å². The number of halogens is 1. The number of fused-ring (bicyclic) bond motifs is 1. The van der Waals surface area contributed by atoms with Gasteiger partial charge < -0.3 is 0 Å². The molecule has 0 spiro atoms. The van der Waals surface area contributed by atoms with Gasteiger partial charge in [-0.25, -0.2) is 4.40 Å². The van der Waals surface area contributed by atoms with Crippen LogP contribution in [-0.2, 0) is 0 Å². The molecule has 3 rings (SSSR count). The number of Topliss-reactive ketones (excluding diaryl/α,β-unsaturated/α-hetero) is 1. The minimum atomic E-state index is -0.279. The summed E-state index contributed by atoms with van der Waals surface area (Å²) in [5.41, 5.74) is 2.29. The number of benzene rings is 1. The van der Waals surface area contributed by atoms with Gasteiger partial charge in [-0.3, -0.25) is 10.2 Å². The Morgan fingerprint density at radius 1 is 1.19 bits per heavy atom. The third kappa shape index (κ3) is 2.78. The molecule has 2 aliphatic rings. The first-order valence-electron chi connectivity index (χ1n) is 7.33. The van der Waals surface area contributed by atoms with E-state index in [1.54, 1.807) is 42.5 Å². The molecule has 7 heteroatoms. The lowest BCUT2D eigenvalue weighted by Crippen LogP contribution is -2.18. The van der Waals surface area contributed by atoms with Crippen LogP contribution in [0.3, 0.4) is 0 Å². The maximum Gasteiger partial charge on any atom is 0.194 e. The van der Waals surface area contributed by atoms with Crippen molar-refractivity contribution in [3.8, 4) is 12.1 Å². The van der Waals surface area contributed by atoms with Crippen LogP contribution in [0.25, 0.3) is 5.57 Å². The monoisotopic (exact) mass is 420 g/mol. The van der Waals surface area contributed by atoms with E-state index < -0.39 is 0 Å². The highest BCUT2D eigenvalue weighted by molar-refractivity contribution is 9.12. The lowest BCUT2D eigenvalue weighted by Gasteiger charge is -2.13. The molecule has 0 amide bonds. The molecule has 26 heavy (non-hydrogen) atoms. The molecule has 0 aliphatic heterocycles. The zero-order valence-electron chi connectivity index (χ0n) is 13.1. The molecule has 0 bridgehead atoms. The van der Waals surface area contributed by atoms with Gasteiger partial charge in [-0.2, -0.15) is 10.5 Å². The summed E-state index contributed by atoms with van der Waals surface area (Å²) in [6, 6.07) is 10.6. The van der Waals surface area contributed by atoms with E-state index in [0.29, 0.717) is 26.8 Å². The number of hydrogen-bond donors (Lipinski definition) is 2. The summed E-state index contributed by atoms with van der Waals surface area (Å²) in [4.78, 5) is 12.9. The number of thiol groups is 1. The van der Waals surface area contributed by atoms with Crippen LogP contribution in [0, 0.1) is 28.1 Å². The number of carbonyl (C=O) groups is 1. The van der Waals surface area contributed by atoms with Crippen molar-refractivity contribution >= 4 is 51.5 Å². The van der Waals surface area contributed by atoms with Gasteiger partial charge in [0.05, 0.1) is 5.71 Å². The zero-order chi connectivity index (χ0) is 18.8. The quantitative estimate of drug-likeness (QED) is 0.309. The predicted octanol–water partition coefficient (Wildman–Crippen LogP) is 4.13. The van der Waals surface area contributed by atoms with Crippen molar-refractivity contribution in [1.29, 1.82) is 15.9 Å². The maximum absolute atomic E-state index is 12.9. The van der Waals surface area contributed by atoms with Gasteiger partial charge in [-0.15, -0.1) is 0 Å². The van der Waals surface area contributed by atoms with Crippen LogP contribution in [0.5, 0.6) is 0 Å². The minimum absolute atomic E-state index is 0.128. The summed E-state index contributed by atoms with van der Waals surface area (Å²) in [5, 5.41) is 26.7. The number of nitrogens with zero attached hydrogens (tertiary/aromatic N) is 3. The van der Waals surface area contributed by atoms with Crippen LogP contribution in [0.4, 0.5) is 0 Å². The average Bonchev–Trinajstić information content (AvgIpc) is 2.93. The fraction of sp³-hybridized carbons (Fsp3) is 0. The van der Waals surface area contributed by atoms with E-state index in [4.69, 9.17) is 5.41 Å². The van der Waals surface area contributed by atoms with Crippen LogP contribution in [0.2, 0.25) is 0 Å². The first-order valence-corrected chi connectivity index (χ1v) is 8.52. The molecular weight excluding hydrogens is 412 g/mol. The van der Waals surface area contributed by atoms with Gasteiger partial charge in [0, 0.05) is 26.8 Å². The highest BCUT2D eigenvalue weighted by Crippen LogP contribution is 2.39.